The molecule has 0 bridgehead atoms. The van der Waals surface area contributed by atoms with Crippen LogP contribution < -0.4 is 11.1 Å². The third-order valence-electron chi connectivity index (χ3n) is 5.35. The van der Waals surface area contributed by atoms with Gasteiger partial charge in [-0.05, 0) is 52.4 Å². The van der Waals surface area contributed by atoms with E-state index in [1.165, 1.54) is 0 Å². The van der Waals surface area contributed by atoms with Crippen LogP contribution in [0, 0.1) is 13.8 Å². The summed E-state index contributed by atoms with van der Waals surface area (Å²) in [5, 5.41) is 8.53. The van der Waals surface area contributed by atoms with Crippen molar-refractivity contribution in [3.05, 3.63) is 23.7 Å². The zero-order chi connectivity index (χ0) is 19.1. The van der Waals surface area contributed by atoms with Crippen LogP contribution in [0.4, 0.5) is 11.8 Å². The molecule has 4 rings (SSSR count). The number of rotatable bonds is 3. The fourth-order valence-electron chi connectivity index (χ4n) is 3.89. The van der Waals surface area contributed by atoms with E-state index >= 15 is 0 Å². The summed E-state index contributed by atoms with van der Waals surface area (Å²) in [6, 6.07) is 0.370. The van der Waals surface area contributed by atoms with E-state index in [1.54, 1.807) is 4.68 Å². The van der Waals surface area contributed by atoms with Gasteiger partial charge in [0.1, 0.15) is 5.82 Å². The number of nitrogens with two attached hydrogens (primary N) is 1. The summed E-state index contributed by atoms with van der Waals surface area (Å²) in [4.78, 5) is 16.3. The van der Waals surface area contributed by atoms with Crippen LogP contribution in [0.15, 0.2) is 12.4 Å². The molecule has 0 spiro atoms. The molecule has 3 aromatic rings. The standard InChI is InChI=1S/C19H26N8/c1-11-15(13-9-21-27(4)10-13)12(2)22-18-16(11)17(20)24-19(25-18)23-14-5-7-26(3)8-6-14/h9-10,14H,5-8H2,1-4H3,(H3,20,22,23,24,25). The van der Waals surface area contributed by atoms with Gasteiger partial charge in [-0.15, -0.1) is 0 Å². The minimum Gasteiger partial charge on any atom is -0.383 e. The molecule has 27 heavy (non-hydrogen) atoms. The van der Waals surface area contributed by atoms with Gasteiger partial charge in [-0.25, -0.2) is 4.98 Å². The van der Waals surface area contributed by atoms with E-state index in [0.717, 1.165) is 53.7 Å². The summed E-state index contributed by atoms with van der Waals surface area (Å²) in [7, 11) is 4.05. The van der Waals surface area contributed by atoms with Gasteiger partial charge in [0.15, 0.2) is 5.65 Å². The van der Waals surface area contributed by atoms with Crippen molar-refractivity contribution < 1.29 is 0 Å². The Hall–Kier alpha value is -2.74. The van der Waals surface area contributed by atoms with E-state index in [1.807, 2.05) is 33.3 Å². The lowest BCUT2D eigenvalue weighted by Crippen LogP contribution is -2.37. The smallest absolute Gasteiger partial charge is 0.226 e. The van der Waals surface area contributed by atoms with Crippen molar-refractivity contribution >= 4 is 22.8 Å². The van der Waals surface area contributed by atoms with Gasteiger partial charge in [0.2, 0.25) is 5.95 Å². The average molecular weight is 366 g/mol. The zero-order valence-electron chi connectivity index (χ0n) is 16.3. The largest absolute Gasteiger partial charge is 0.383 e. The molecular weight excluding hydrogens is 340 g/mol. The predicted octanol–water partition coefficient (Wildman–Crippen LogP) is 2.13. The Kier molecular flexibility index (Phi) is 4.43. The number of fused-ring (bicyclic) bond motifs is 1. The number of anilines is 2. The van der Waals surface area contributed by atoms with Gasteiger partial charge < -0.3 is 16.0 Å². The Morgan fingerprint density at radius 1 is 1.11 bits per heavy atom. The van der Waals surface area contributed by atoms with Gasteiger partial charge in [0, 0.05) is 36.1 Å². The van der Waals surface area contributed by atoms with Gasteiger partial charge in [-0.3, -0.25) is 4.68 Å². The lowest BCUT2D eigenvalue weighted by molar-refractivity contribution is 0.263. The van der Waals surface area contributed by atoms with E-state index in [9.17, 15) is 0 Å². The molecule has 3 N–H and O–H groups in total. The first kappa shape index (κ1) is 17.7. The highest BCUT2D eigenvalue weighted by atomic mass is 15.2. The number of hydrogen-bond donors (Lipinski definition) is 2. The minimum absolute atomic E-state index is 0.370. The third kappa shape index (κ3) is 3.32. The van der Waals surface area contributed by atoms with Crippen LogP contribution in [0.1, 0.15) is 24.1 Å². The first-order chi connectivity index (χ1) is 12.9. The summed E-state index contributed by atoms with van der Waals surface area (Å²) in [5.74, 6) is 1.03. The fourth-order valence-corrected chi connectivity index (χ4v) is 3.89. The molecule has 8 heteroatoms. The number of hydrogen-bond acceptors (Lipinski definition) is 7. The Bertz CT molecular complexity index is 985. The molecular formula is C19H26N8. The SMILES string of the molecule is Cc1nc2nc(NC3CCN(C)CC3)nc(N)c2c(C)c1-c1cnn(C)c1. The topological polar surface area (TPSA) is 97.8 Å². The maximum atomic E-state index is 6.33. The fraction of sp³-hybridized carbons (Fsp3) is 0.474. The first-order valence-electron chi connectivity index (χ1n) is 9.31. The highest BCUT2D eigenvalue weighted by Gasteiger charge is 2.20. The van der Waals surface area contributed by atoms with Gasteiger partial charge in [-0.2, -0.15) is 15.1 Å². The van der Waals surface area contributed by atoms with Gasteiger partial charge in [-0.1, -0.05) is 0 Å². The predicted molar refractivity (Wildman–Crippen MR) is 108 cm³/mol. The number of nitrogens with one attached hydrogen (secondary N) is 1. The van der Waals surface area contributed by atoms with Crippen LogP contribution in [-0.4, -0.2) is 55.8 Å². The quantitative estimate of drug-likeness (QED) is 0.733. The molecule has 0 unspecified atom stereocenters. The second-order valence-electron chi connectivity index (χ2n) is 7.45. The Morgan fingerprint density at radius 3 is 2.52 bits per heavy atom. The Morgan fingerprint density at radius 2 is 1.85 bits per heavy atom. The Balaban J connectivity index is 1.73. The van der Waals surface area contributed by atoms with Crippen LogP contribution in [0.3, 0.4) is 0 Å². The van der Waals surface area contributed by atoms with Crippen LogP contribution in [0.5, 0.6) is 0 Å². The molecule has 0 amide bonds. The second kappa shape index (κ2) is 6.77. The monoisotopic (exact) mass is 366 g/mol. The first-order valence-corrected chi connectivity index (χ1v) is 9.31. The number of piperidine rings is 1. The van der Waals surface area contributed by atoms with Crippen LogP contribution >= 0.6 is 0 Å². The summed E-state index contributed by atoms with van der Waals surface area (Å²) in [5.41, 5.74) is 11.0. The van der Waals surface area contributed by atoms with E-state index in [4.69, 9.17) is 10.7 Å². The van der Waals surface area contributed by atoms with Crippen LogP contribution in [-0.2, 0) is 7.05 Å². The number of likely N-dealkylation sites (tertiary alicyclic amines) is 1. The molecule has 0 aromatic carbocycles. The van der Waals surface area contributed by atoms with Gasteiger partial charge in [0.05, 0.1) is 11.6 Å². The molecule has 4 heterocycles. The molecule has 1 aliphatic rings. The summed E-state index contributed by atoms with van der Waals surface area (Å²) >= 11 is 0. The maximum Gasteiger partial charge on any atom is 0.226 e. The molecule has 1 saturated heterocycles. The molecule has 0 aliphatic carbocycles. The molecule has 0 atom stereocenters. The molecule has 1 fully saturated rings. The van der Waals surface area contributed by atoms with Gasteiger partial charge in [0.25, 0.3) is 0 Å². The van der Waals surface area contributed by atoms with Crippen LogP contribution in [0.2, 0.25) is 0 Å². The lowest BCUT2D eigenvalue weighted by Gasteiger charge is -2.29. The van der Waals surface area contributed by atoms with Gasteiger partial charge >= 0.3 is 0 Å². The molecule has 3 aromatic heterocycles. The van der Waals surface area contributed by atoms with Crippen molar-refractivity contribution in [2.24, 2.45) is 7.05 Å². The molecule has 8 nitrogen and oxygen atoms in total. The average Bonchev–Trinajstić information content (AvgIpc) is 3.02. The molecule has 1 aliphatic heterocycles. The van der Waals surface area contributed by atoms with E-state index in [-0.39, 0.29) is 0 Å². The normalized spacial score (nSPS) is 16.1. The van der Waals surface area contributed by atoms with Crippen LogP contribution in [0.25, 0.3) is 22.2 Å². The van der Waals surface area contributed by atoms with E-state index in [0.29, 0.717) is 23.5 Å². The molecule has 0 radical (unpaired) electrons. The van der Waals surface area contributed by atoms with Crippen molar-refractivity contribution in [2.45, 2.75) is 32.7 Å². The number of aromatic nitrogens is 5. The minimum atomic E-state index is 0.370. The van der Waals surface area contributed by atoms with Crippen molar-refractivity contribution in [1.29, 1.82) is 0 Å². The highest BCUT2D eigenvalue weighted by molar-refractivity contribution is 5.94. The van der Waals surface area contributed by atoms with Crippen molar-refractivity contribution in [3.63, 3.8) is 0 Å². The summed E-state index contributed by atoms with van der Waals surface area (Å²) in [6.07, 6.45) is 5.97. The van der Waals surface area contributed by atoms with Crippen molar-refractivity contribution in [3.8, 4) is 11.1 Å². The second-order valence-corrected chi connectivity index (χ2v) is 7.45. The summed E-state index contributed by atoms with van der Waals surface area (Å²) in [6.45, 7) is 6.19. The lowest BCUT2D eigenvalue weighted by atomic mass is 9.99. The number of nitrogen functional groups attached to an aromatic ring is 1. The van der Waals surface area contributed by atoms with E-state index in [2.05, 4.69) is 32.3 Å². The number of nitrogens with zero attached hydrogens (tertiary/aromatic N) is 6. The number of pyridine rings is 1. The van der Waals surface area contributed by atoms with E-state index < -0.39 is 0 Å². The zero-order valence-corrected chi connectivity index (χ0v) is 16.3. The maximum absolute atomic E-state index is 6.33. The molecule has 142 valence electrons. The summed E-state index contributed by atoms with van der Waals surface area (Å²) < 4.78 is 1.78. The highest BCUT2D eigenvalue weighted by Crippen LogP contribution is 2.33. The van der Waals surface area contributed by atoms with Crippen molar-refractivity contribution in [2.75, 3.05) is 31.2 Å². The molecule has 0 saturated carbocycles. The Labute approximate surface area is 158 Å². The number of aryl methyl sites for hydroxylation is 3. The third-order valence-corrected chi connectivity index (χ3v) is 5.35. The van der Waals surface area contributed by atoms with Crippen molar-refractivity contribution in [1.82, 2.24) is 29.6 Å².